The number of aryl methyl sites for hydroxylation is 1. The van der Waals surface area contributed by atoms with Crippen LogP contribution >= 0.6 is 0 Å². The van der Waals surface area contributed by atoms with E-state index in [4.69, 9.17) is 20.9 Å². The molecule has 23 heteroatoms. The standard InChI is InChI=1S/C44H55N15O8/c1-26-19-33-36(38(45)52-26)55-44(65)59(33)24-27-4-10-34(50-20-27)47-12-15-58-14-2-3-28(23-58)25-67-18-17-66-16-13-48-35(60)11-9-32(42(63)64)54-40(61)29-5-7-30(8-6-29)49-21-31-22-51-39-37(53-31)41(62)57-43(46)56-39/h4-8,10,19-20,22,28,32,49H,2-3,9,11-18,21,23-25H2,1H3,(H2,45,52)(H,47,50)(H,48,60)(H,54,61)(H,55,65)(H,63,64)(H3,46,51,56,57,62)/t28?,32-/m0/s1. The van der Waals surface area contributed by atoms with Crippen molar-refractivity contribution in [2.24, 2.45) is 5.92 Å². The molecule has 6 aromatic rings. The van der Waals surface area contributed by atoms with Crippen molar-refractivity contribution in [3.8, 4) is 0 Å². The van der Waals surface area contributed by atoms with Gasteiger partial charge in [-0.3, -0.25) is 23.9 Å². The van der Waals surface area contributed by atoms with E-state index in [-0.39, 0.29) is 66.8 Å². The number of likely N-dealkylation sites (tertiary alicyclic amines) is 1. The van der Waals surface area contributed by atoms with Gasteiger partial charge in [0.15, 0.2) is 11.2 Å². The van der Waals surface area contributed by atoms with E-state index in [0.29, 0.717) is 60.5 Å². The number of nitrogens with zero attached hydrogens (tertiary/aromatic N) is 7. The highest BCUT2D eigenvalue weighted by Gasteiger charge is 2.23. The topological polar surface area (TPSA) is 328 Å². The van der Waals surface area contributed by atoms with Gasteiger partial charge < -0.3 is 57.2 Å². The number of fused-ring (bicyclic) bond motifs is 2. The fourth-order valence-corrected chi connectivity index (χ4v) is 7.68. The number of aromatic amines is 2. The molecule has 11 N–H and O–H groups in total. The predicted molar refractivity (Wildman–Crippen MR) is 249 cm³/mol. The molecular weight excluding hydrogens is 867 g/mol. The first-order valence-corrected chi connectivity index (χ1v) is 22.0. The Hall–Kier alpha value is -7.50. The molecule has 1 unspecified atom stereocenters. The van der Waals surface area contributed by atoms with Gasteiger partial charge in [-0.15, -0.1) is 0 Å². The molecule has 6 heterocycles. The van der Waals surface area contributed by atoms with Crippen molar-refractivity contribution < 1.29 is 29.0 Å². The van der Waals surface area contributed by atoms with Gasteiger partial charge in [-0.2, -0.15) is 4.98 Å². The molecule has 0 radical (unpaired) electrons. The van der Waals surface area contributed by atoms with Crippen LogP contribution in [0.2, 0.25) is 0 Å². The molecule has 2 amide bonds. The summed E-state index contributed by atoms with van der Waals surface area (Å²) in [6, 6.07) is 10.8. The lowest BCUT2D eigenvalue weighted by molar-refractivity contribution is -0.139. The number of hydrogen-bond acceptors (Lipinski definition) is 17. The first kappa shape index (κ1) is 47.5. The Bertz CT molecular complexity index is 2780. The SMILES string of the molecule is Cc1cc2c([nH]c(=O)n2Cc2ccc(NCCN3CCCC(COCCOCCNC(=O)CC[C@H](NC(=O)c4ccc(NCc5cnc6nc(N)[nH]c(=O)c6n5)cc4)C(=O)O)C3)nc2)c(N)n1. The maximum atomic E-state index is 12.9. The number of benzene rings is 1. The van der Waals surface area contributed by atoms with E-state index < -0.39 is 23.5 Å². The Morgan fingerprint density at radius 3 is 2.57 bits per heavy atom. The molecule has 1 aromatic carbocycles. The third-order valence-electron chi connectivity index (χ3n) is 11.1. The molecule has 1 aliphatic rings. The molecule has 67 heavy (non-hydrogen) atoms. The maximum Gasteiger partial charge on any atom is 0.326 e. The van der Waals surface area contributed by atoms with Crippen molar-refractivity contribution >= 4 is 63.3 Å². The third kappa shape index (κ3) is 13.3. The lowest BCUT2D eigenvalue weighted by Gasteiger charge is -2.32. The van der Waals surface area contributed by atoms with E-state index in [0.717, 1.165) is 56.1 Å². The quantitative estimate of drug-likeness (QED) is 0.0408. The van der Waals surface area contributed by atoms with E-state index in [9.17, 15) is 29.1 Å². The highest BCUT2D eigenvalue weighted by atomic mass is 16.5. The number of ether oxygens (including phenoxy) is 2. The number of carboxylic acid groups (broad SMARTS) is 1. The average Bonchev–Trinajstić information content (AvgIpc) is 3.62. The molecule has 0 bridgehead atoms. The minimum Gasteiger partial charge on any atom is -0.480 e. The van der Waals surface area contributed by atoms with Gasteiger partial charge in [0.1, 0.15) is 23.2 Å². The number of aromatic nitrogens is 8. The van der Waals surface area contributed by atoms with Gasteiger partial charge in [0, 0.05) is 55.7 Å². The summed E-state index contributed by atoms with van der Waals surface area (Å²) in [6.07, 6.45) is 5.20. The molecule has 0 spiro atoms. The number of nitrogens with two attached hydrogens (primary N) is 2. The minimum absolute atomic E-state index is 0.0545. The van der Waals surface area contributed by atoms with Crippen LogP contribution in [0.25, 0.3) is 22.2 Å². The van der Waals surface area contributed by atoms with Crippen molar-refractivity contribution in [1.82, 2.24) is 55.0 Å². The molecule has 1 fully saturated rings. The van der Waals surface area contributed by atoms with Crippen LogP contribution < -0.4 is 44.0 Å². The van der Waals surface area contributed by atoms with Gasteiger partial charge >= 0.3 is 11.7 Å². The highest BCUT2D eigenvalue weighted by molar-refractivity contribution is 5.97. The Morgan fingerprint density at radius 2 is 1.78 bits per heavy atom. The summed E-state index contributed by atoms with van der Waals surface area (Å²) in [6.45, 7) is 7.89. The van der Waals surface area contributed by atoms with Crippen molar-refractivity contribution in [1.29, 1.82) is 0 Å². The molecule has 23 nitrogen and oxygen atoms in total. The molecule has 354 valence electrons. The maximum absolute atomic E-state index is 12.9. The van der Waals surface area contributed by atoms with Crippen LogP contribution in [0, 0.1) is 12.8 Å². The second-order valence-corrected chi connectivity index (χ2v) is 16.2. The summed E-state index contributed by atoms with van der Waals surface area (Å²) < 4.78 is 13.2. The first-order chi connectivity index (χ1) is 32.4. The van der Waals surface area contributed by atoms with Crippen molar-refractivity contribution in [3.63, 3.8) is 0 Å². The molecule has 1 aliphatic heterocycles. The summed E-state index contributed by atoms with van der Waals surface area (Å²) in [5, 5.41) is 21.4. The van der Waals surface area contributed by atoms with Crippen LogP contribution in [-0.2, 0) is 32.2 Å². The zero-order chi connectivity index (χ0) is 47.3. The number of hydrogen-bond donors (Lipinski definition) is 9. The Morgan fingerprint density at radius 1 is 0.955 bits per heavy atom. The summed E-state index contributed by atoms with van der Waals surface area (Å²) in [5.74, 6) is -0.808. The first-order valence-electron chi connectivity index (χ1n) is 22.0. The number of carboxylic acids is 1. The molecule has 1 saturated heterocycles. The number of nitrogen functional groups attached to an aromatic ring is 2. The highest BCUT2D eigenvalue weighted by Crippen LogP contribution is 2.19. The Balaban J connectivity index is 0.715. The number of imidazole rings is 1. The minimum atomic E-state index is -1.28. The van der Waals surface area contributed by atoms with Gasteiger partial charge in [-0.05, 0) is 80.6 Å². The van der Waals surface area contributed by atoms with Crippen LogP contribution in [0.3, 0.4) is 0 Å². The van der Waals surface area contributed by atoms with Crippen LogP contribution in [0.5, 0.6) is 0 Å². The van der Waals surface area contributed by atoms with Crippen LogP contribution in [-0.4, -0.2) is 132 Å². The number of H-pyrrole nitrogens is 2. The monoisotopic (exact) mass is 921 g/mol. The van der Waals surface area contributed by atoms with E-state index in [2.05, 4.69) is 61.1 Å². The fourth-order valence-electron chi connectivity index (χ4n) is 7.68. The lowest BCUT2D eigenvalue weighted by Crippen LogP contribution is -2.41. The zero-order valence-corrected chi connectivity index (χ0v) is 37.0. The second-order valence-electron chi connectivity index (χ2n) is 16.2. The van der Waals surface area contributed by atoms with E-state index in [1.807, 2.05) is 25.1 Å². The molecule has 7 rings (SSSR count). The summed E-state index contributed by atoms with van der Waals surface area (Å²) in [7, 11) is 0. The third-order valence-corrected chi connectivity index (χ3v) is 11.1. The number of amides is 2. The molecule has 2 atom stereocenters. The largest absolute Gasteiger partial charge is 0.480 e. The summed E-state index contributed by atoms with van der Waals surface area (Å²) in [4.78, 5) is 90.7. The van der Waals surface area contributed by atoms with E-state index in [1.54, 1.807) is 22.9 Å². The molecule has 5 aromatic heterocycles. The predicted octanol–water partition coefficient (Wildman–Crippen LogP) is 1.22. The molecule has 0 saturated carbocycles. The van der Waals surface area contributed by atoms with Gasteiger partial charge in [0.2, 0.25) is 11.9 Å². The van der Waals surface area contributed by atoms with Gasteiger partial charge in [-0.25, -0.2) is 29.5 Å². The number of carbonyl (C=O) groups is 3. The number of piperidine rings is 1. The van der Waals surface area contributed by atoms with Gasteiger partial charge in [0.25, 0.3) is 11.5 Å². The molecule has 0 aliphatic carbocycles. The fraction of sp³-hybridized carbons (Fsp3) is 0.409. The van der Waals surface area contributed by atoms with Crippen molar-refractivity contribution in [2.75, 3.05) is 81.3 Å². The number of anilines is 4. The van der Waals surface area contributed by atoms with Crippen molar-refractivity contribution in [3.05, 3.63) is 98.2 Å². The van der Waals surface area contributed by atoms with E-state index >= 15 is 0 Å². The smallest absolute Gasteiger partial charge is 0.326 e. The van der Waals surface area contributed by atoms with Crippen LogP contribution in [0.1, 0.15) is 53.0 Å². The number of pyridine rings is 2. The average molecular weight is 922 g/mol. The lowest BCUT2D eigenvalue weighted by atomic mass is 9.99. The number of aliphatic carboxylic acids is 1. The number of carbonyl (C=O) groups excluding carboxylic acids is 2. The Kier molecular flexibility index (Phi) is 16.0. The van der Waals surface area contributed by atoms with Gasteiger partial charge in [0.05, 0.1) is 56.9 Å². The van der Waals surface area contributed by atoms with Crippen molar-refractivity contribution in [2.45, 2.75) is 51.7 Å². The zero-order valence-electron chi connectivity index (χ0n) is 37.0. The second kappa shape index (κ2) is 22.6. The number of rotatable bonds is 23. The normalized spacial score (nSPS) is 14.5. The van der Waals surface area contributed by atoms with Crippen LogP contribution in [0.4, 0.5) is 23.3 Å². The van der Waals surface area contributed by atoms with Gasteiger partial charge in [-0.1, -0.05) is 6.07 Å². The summed E-state index contributed by atoms with van der Waals surface area (Å²) in [5.41, 5.74) is 15.2. The van der Waals surface area contributed by atoms with E-state index in [1.165, 1.54) is 18.3 Å². The van der Waals surface area contributed by atoms with Crippen LogP contribution in [0.15, 0.2) is 64.4 Å². The molecular formula is C44H55N15O8. The Labute approximate surface area is 383 Å². The number of nitrogens with one attached hydrogen (secondary N) is 6. The summed E-state index contributed by atoms with van der Waals surface area (Å²) >= 11 is 0.